The average Bonchev–Trinajstić information content (AvgIpc) is 2.24. The number of quaternary nitrogens is 1. The molecule has 96 valence electrons. The number of amides is 1. The van der Waals surface area contributed by atoms with E-state index < -0.39 is 0 Å². The Bertz CT molecular complexity index is 217. The fourth-order valence-corrected chi connectivity index (χ4v) is 1.70. The molecule has 16 heavy (non-hydrogen) atoms. The molecule has 0 aromatic rings. The van der Waals surface area contributed by atoms with Crippen LogP contribution in [0.2, 0.25) is 0 Å². The van der Waals surface area contributed by atoms with Crippen LogP contribution in [0.5, 0.6) is 0 Å². The topological polar surface area (TPSA) is 29.1 Å². The molecular weight excluding hydrogens is 268 g/mol. The van der Waals surface area contributed by atoms with Crippen LogP contribution in [0.25, 0.3) is 0 Å². The Morgan fingerprint density at radius 2 is 1.62 bits per heavy atom. The van der Waals surface area contributed by atoms with E-state index in [0.717, 1.165) is 37.2 Å². The highest BCUT2D eigenvalue weighted by Gasteiger charge is 2.20. The van der Waals surface area contributed by atoms with Crippen molar-refractivity contribution in [3.05, 3.63) is 12.2 Å². The Hall–Kier alpha value is -0.350. The number of halogens is 1. The second kappa shape index (κ2) is 8.76. The van der Waals surface area contributed by atoms with Crippen LogP contribution < -0.4 is 22.3 Å². The maximum absolute atomic E-state index is 11.3. The van der Waals surface area contributed by atoms with E-state index in [2.05, 4.69) is 32.7 Å². The van der Waals surface area contributed by atoms with E-state index in [1.165, 1.54) is 0 Å². The van der Waals surface area contributed by atoms with Crippen LogP contribution in [0.4, 0.5) is 0 Å². The van der Waals surface area contributed by atoms with E-state index in [9.17, 15) is 4.79 Å². The SMILES string of the molecule is C=C(C)C(=O)NCC[N+](CC)(CC)CC.[Br-]. The quantitative estimate of drug-likeness (QED) is 0.452. The highest BCUT2D eigenvalue weighted by atomic mass is 79.9. The predicted octanol–water partition coefficient (Wildman–Crippen LogP) is -1.44. The minimum atomic E-state index is -0.0311. The molecule has 0 aliphatic rings. The van der Waals surface area contributed by atoms with Crippen LogP contribution >= 0.6 is 0 Å². The van der Waals surface area contributed by atoms with E-state index in [1.807, 2.05) is 0 Å². The summed E-state index contributed by atoms with van der Waals surface area (Å²) in [6.07, 6.45) is 0. The number of hydrogen-bond donors (Lipinski definition) is 1. The lowest BCUT2D eigenvalue weighted by molar-refractivity contribution is -0.922. The van der Waals surface area contributed by atoms with Gasteiger partial charge in [-0.1, -0.05) is 6.58 Å². The molecule has 4 heteroatoms. The molecule has 0 bridgehead atoms. The molecule has 0 aliphatic heterocycles. The molecule has 0 radical (unpaired) electrons. The fourth-order valence-electron chi connectivity index (χ4n) is 1.70. The van der Waals surface area contributed by atoms with Gasteiger partial charge in [0.25, 0.3) is 0 Å². The largest absolute Gasteiger partial charge is 1.00 e. The molecule has 1 N–H and O–H groups in total. The lowest BCUT2D eigenvalue weighted by atomic mass is 10.3. The van der Waals surface area contributed by atoms with Gasteiger partial charge in [0.1, 0.15) is 0 Å². The number of carbonyl (C=O) groups excluding carboxylic acids is 1. The third-order valence-corrected chi connectivity index (χ3v) is 3.27. The van der Waals surface area contributed by atoms with E-state index >= 15 is 0 Å². The van der Waals surface area contributed by atoms with Crippen LogP contribution in [0.1, 0.15) is 27.7 Å². The lowest BCUT2D eigenvalue weighted by Crippen LogP contribution is -3.00. The maximum Gasteiger partial charge on any atom is 0.246 e. The van der Waals surface area contributed by atoms with Crippen LogP contribution in [-0.2, 0) is 4.79 Å². The van der Waals surface area contributed by atoms with E-state index in [1.54, 1.807) is 6.92 Å². The normalized spacial score (nSPS) is 10.5. The summed E-state index contributed by atoms with van der Waals surface area (Å²) in [7, 11) is 0. The monoisotopic (exact) mass is 292 g/mol. The zero-order valence-corrected chi connectivity index (χ0v) is 12.6. The Labute approximate surface area is 110 Å². The second-order valence-corrected chi connectivity index (χ2v) is 4.05. The van der Waals surface area contributed by atoms with Crippen LogP contribution in [0.3, 0.4) is 0 Å². The van der Waals surface area contributed by atoms with Crippen molar-refractivity contribution < 1.29 is 26.3 Å². The van der Waals surface area contributed by atoms with Crippen LogP contribution in [-0.4, -0.2) is 43.1 Å². The summed E-state index contributed by atoms with van der Waals surface area (Å²) >= 11 is 0. The third kappa shape index (κ3) is 5.66. The number of rotatable bonds is 7. The smallest absolute Gasteiger partial charge is 0.246 e. The molecule has 0 saturated heterocycles. The van der Waals surface area contributed by atoms with Gasteiger partial charge in [0.05, 0.1) is 32.7 Å². The summed E-state index contributed by atoms with van der Waals surface area (Å²) in [6.45, 7) is 17.1. The first kappa shape index (κ1) is 18.0. The molecule has 0 rings (SSSR count). The molecule has 3 nitrogen and oxygen atoms in total. The number of nitrogens with zero attached hydrogens (tertiary/aromatic N) is 1. The summed E-state index contributed by atoms with van der Waals surface area (Å²) < 4.78 is 1.07. The van der Waals surface area contributed by atoms with Gasteiger partial charge in [-0.2, -0.15) is 0 Å². The first-order valence-corrected chi connectivity index (χ1v) is 5.80. The standard InChI is InChI=1S/C12H24N2O.BrH/c1-6-14(7-2,8-3)10-9-13-12(15)11(4)5;/h4,6-10H2,1-3,5H3;1H. The van der Waals surface area contributed by atoms with Crippen molar-refractivity contribution >= 4 is 5.91 Å². The zero-order chi connectivity index (χ0) is 11.9. The molecule has 1 amide bonds. The van der Waals surface area contributed by atoms with Gasteiger partial charge in [0.15, 0.2) is 0 Å². The highest BCUT2D eigenvalue weighted by molar-refractivity contribution is 5.91. The Morgan fingerprint density at radius 3 is 1.94 bits per heavy atom. The molecule has 0 heterocycles. The molecular formula is C12H25BrN2O. The van der Waals surface area contributed by atoms with Crippen molar-refractivity contribution in [3.63, 3.8) is 0 Å². The number of nitrogens with one attached hydrogen (secondary N) is 1. The molecule has 0 atom stereocenters. The summed E-state index contributed by atoms with van der Waals surface area (Å²) in [4.78, 5) is 11.3. The maximum atomic E-state index is 11.3. The van der Waals surface area contributed by atoms with E-state index in [-0.39, 0.29) is 22.9 Å². The molecule has 0 aromatic carbocycles. The van der Waals surface area contributed by atoms with Gasteiger partial charge >= 0.3 is 0 Å². The first-order chi connectivity index (χ1) is 7.01. The molecule has 0 spiro atoms. The molecule has 0 saturated carbocycles. The highest BCUT2D eigenvalue weighted by Crippen LogP contribution is 2.04. The minimum absolute atomic E-state index is 0. The van der Waals surface area contributed by atoms with E-state index in [4.69, 9.17) is 0 Å². The first-order valence-electron chi connectivity index (χ1n) is 5.80. The van der Waals surface area contributed by atoms with Crippen molar-refractivity contribution in [3.8, 4) is 0 Å². The van der Waals surface area contributed by atoms with Gasteiger partial charge in [-0.15, -0.1) is 0 Å². The minimum Gasteiger partial charge on any atom is -1.00 e. The van der Waals surface area contributed by atoms with E-state index in [0.29, 0.717) is 5.57 Å². The van der Waals surface area contributed by atoms with Gasteiger partial charge in [-0.3, -0.25) is 4.79 Å². The lowest BCUT2D eigenvalue weighted by Gasteiger charge is -2.35. The van der Waals surface area contributed by atoms with Crippen molar-refractivity contribution in [2.24, 2.45) is 0 Å². The number of likely N-dealkylation sites (N-methyl/N-ethyl adjacent to an activating group) is 1. The van der Waals surface area contributed by atoms with Gasteiger partial charge in [-0.05, 0) is 27.7 Å². The Kier molecular flexibility index (Phi) is 9.87. The van der Waals surface area contributed by atoms with Crippen molar-refractivity contribution in [1.29, 1.82) is 0 Å². The Morgan fingerprint density at radius 1 is 1.19 bits per heavy atom. The predicted molar refractivity (Wildman–Crippen MR) is 64.6 cm³/mol. The molecule has 0 fully saturated rings. The second-order valence-electron chi connectivity index (χ2n) is 4.05. The molecule has 0 unspecified atom stereocenters. The fraction of sp³-hybridized carbons (Fsp3) is 0.750. The number of carbonyl (C=O) groups is 1. The van der Waals surface area contributed by atoms with Crippen LogP contribution in [0, 0.1) is 0 Å². The van der Waals surface area contributed by atoms with Gasteiger partial charge < -0.3 is 26.8 Å². The van der Waals surface area contributed by atoms with Crippen molar-refractivity contribution in [2.45, 2.75) is 27.7 Å². The summed E-state index contributed by atoms with van der Waals surface area (Å²) in [5.41, 5.74) is 0.581. The summed E-state index contributed by atoms with van der Waals surface area (Å²) in [5, 5.41) is 2.89. The Balaban J connectivity index is 0. The molecule has 0 aromatic heterocycles. The summed E-state index contributed by atoms with van der Waals surface area (Å²) in [6, 6.07) is 0. The van der Waals surface area contributed by atoms with Gasteiger partial charge in [0.2, 0.25) is 5.91 Å². The van der Waals surface area contributed by atoms with Crippen molar-refractivity contribution in [1.82, 2.24) is 5.32 Å². The van der Waals surface area contributed by atoms with Gasteiger partial charge in [-0.25, -0.2) is 0 Å². The number of hydrogen-bond acceptors (Lipinski definition) is 1. The summed E-state index contributed by atoms with van der Waals surface area (Å²) in [5.74, 6) is -0.0311. The average molecular weight is 293 g/mol. The molecule has 0 aliphatic carbocycles. The zero-order valence-electron chi connectivity index (χ0n) is 11.0. The van der Waals surface area contributed by atoms with Crippen LogP contribution in [0.15, 0.2) is 12.2 Å². The van der Waals surface area contributed by atoms with Gasteiger partial charge in [0, 0.05) is 5.57 Å². The third-order valence-electron chi connectivity index (χ3n) is 3.27. The van der Waals surface area contributed by atoms with Crippen molar-refractivity contribution in [2.75, 3.05) is 32.7 Å².